The Bertz CT molecular complexity index is 393. The molecule has 0 radical (unpaired) electrons. The van der Waals surface area contributed by atoms with Crippen molar-refractivity contribution in [2.24, 2.45) is 0 Å². The van der Waals surface area contributed by atoms with Crippen molar-refractivity contribution in [3.63, 3.8) is 0 Å². The van der Waals surface area contributed by atoms with Gasteiger partial charge in [0, 0.05) is 30.7 Å². The topological polar surface area (TPSA) is 71.2 Å². The fourth-order valence-electron chi connectivity index (χ4n) is 2.13. The van der Waals surface area contributed by atoms with Crippen LogP contribution in [0.25, 0.3) is 0 Å². The van der Waals surface area contributed by atoms with Crippen LogP contribution in [0.2, 0.25) is 0 Å². The molecule has 1 amide bonds. The van der Waals surface area contributed by atoms with Gasteiger partial charge in [-0.25, -0.2) is 4.98 Å². The third kappa shape index (κ3) is 2.95. The Morgan fingerprint density at radius 1 is 1.71 bits per heavy atom. The van der Waals surface area contributed by atoms with Crippen LogP contribution in [-0.2, 0) is 11.3 Å². The van der Waals surface area contributed by atoms with Crippen LogP contribution in [0.5, 0.6) is 0 Å². The smallest absolute Gasteiger partial charge is 0.237 e. The summed E-state index contributed by atoms with van der Waals surface area (Å²) in [6, 6.07) is -0.00271. The number of piperazine rings is 1. The summed E-state index contributed by atoms with van der Waals surface area (Å²) in [5.41, 5.74) is 5.61. The van der Waals surface area contributed by atoms with Gasteiger partial charge in [-0.2, -0.15) is 0 Å². The molecule has 94 valence electrons. The Morgan fingerprint density at radius 2 is 2.53 bits per heavy atom. The van der Waals surface area contributed by atoms with Crippen molar-refractivity contribution in [3.8, 4) is 0 Å². The van der Waals surface area contributed by atoms with E-state index >= 15 is 0 Å². The second kappa shape index (κ2) is 5.46. The van der Waals surface area contributed by atoms with E-state index in [1.54, 1.807) is 6.20 Å². The lowest BCUT2D eigenvalue weighted by Crippen LogP contribution is -2.54. The van der Waals surface area contributed by atoms with E-state index in [0.29, 0.717) is 5.13 Å². The lowest BCUT2D eigenvalue weighted by atomic mass is 10.1. The molecular formula is C11H18N4OS. The van der Waals surface area contributed by atoms with Crippen molar-refractivity contribution in [2.75, 3.05) is 18.8 Å². The van der Waals surface area contributed by atoms with E-state index in [1.165, 1.54) is 11.3 Å². The summed E-state index contributed by atoms with van der Waals surface area (Å²) in [6.45, 7) is 4.50. The van der Waals surface area contributed by atoms with Crippen LogP contribution in [0.1, 0.15) is 24.6 Å². The number of rotatable bonds is 4. The van der Waals surface area contributed by atoms with Crippen molar-refractivity contribution in [1.29, 1.82) is 0 Å². The number of thiazole rings is 1. The van der Waals surface area contributed by atoms with Gasteiger partial charge < -0.3 is 11.1 Å². The third-order valence-electron chi connectivity index (χ3n) is 2.93. The molecule has 2 heterocycles. The van der Waals surface area contributed by atoms with Gasteiger partial charge in [0.15, 0.2) is 5.13 Å². The van der Waals surface area contributed by atoms with Crippen molar-refractivity contribution < 1.29 is 4.79 Å². The minimum absolute atomic E-state index is 0.00271. The zero-order chi connectivity index (χ0) is 12.3. The number of amides is 1. The Balaban J connectivity index is 2.04. The molecule has 1 aliphatic heterocycles. The largest absolute Gasteiger partial charge is 0.375 e. The third-order valence-corrected chi connectivity index (χ3v) is 3.75. The van der Waals surface area contributed by atoms with Gasteiger partial charge in [-0.3, -0.25) is 9.69 Å². The molecule has 1 saturated heterocycles. The maximum Gasteiger partial charge on any atom is 0.237 e. The second-order valence-electron chi connectivity index (χ2n) is 4.23. The number of carbonyl (C=O) groups excluding carboxylic acids is 1. The van der Waals surface area contributed by atoms with Gasteiger partial charge in [0.1, 0.15) is 0 Å². The van der Waals surface area contributed by atoms with Gasteiger partial charge in [0.25, 0.3) is 0 Å². The molecular weight excluding hydrogens is 236 g/mol. The summed E-state index contributed by atoms with van der Waals surface area (Å²) in [7, 11) is 0. The molecule has 1 aliphatic rings. The van der Waals surface area contributed by atoms with Crippen LogP contribution in [0.15, 0.2) is 6.20 Å². The molecule has 1 aromatic heterocycles. The fraction of sp³-hybridized carbons (Fsp3) is 0.636. The Kier molecular flexibility index (Phi) is 3.96. The molecule has 2 rings (SSSR count). The summed E-state index contributed by atoms with van der Waals surface area (Å²) >= 11 is 1.50. The molecule has 1 aromatic rings. The Hall–Kier alpha value is -1.14. The first-order valence-electron chi connectivity index (χ1n) is 5.92. The number of hydrogen-bond donors (Lipinski definition) is 2. The van der Waals surface area contributed by atoms with Gasteiger partial charge in [0.05, 0.1) is 6.04 Å². The van der Waals surface area contributed by atoms with E-state index in [2.05, 4.69) is 22.1 Å². The predicted molar refractivity (Wildman–Crippen MR) is 68.6 cm³/mol. The SMILES string of the molecule is CCCC1C(=O)NCCN1Cc1cnc(N)s1. The zero-order valence-electron chi connectivity index (χ0n) is 9.98. The average molecular weight is 254 g/mol. The van der Waals surface area contributed by atoms with Gasteiger partial charge in [-0.1, -0.05) is 13.3 Å². The molecule has 1 atom stereocenters. The van der Waals surface area contributed by atoms with Crippen LogP contribution in [-0.4, -0.2) is 34.9 Å². The maximum atomic E-state index is 11.8. The summed E-state index contributed by atoms with van der Waals surface area (Å²) in [6.07, 6.45) is 3.72. The highest BCUT2D eigenvalue weighted by Gasteiger charge is 2.28. The minimum Gasteiger partial charge on any atom is -0.375 e. The molecule has 3 N–H and O–H groups in total. The standard InChI is InChI=1S/C11H18N4OS/c1-2-3-9-10(16)13-4-5-15(9)7-8-6-14-11(12)17-8/h6,9H,2-5,7H2,1H3,(H2,12,14)(H,13,16). The highest BCUT2D eigenvalue weighted by Crippen LogP contribution is 2.20. The molecule has 0 spiro atoms. The van der Waals surface area contributed by atoms with E-state index in [4.69, 9.17) is 5.73 Å². The van der Waals surface area contributed by atoms with E-state index < -0.39 is 0 Å². The second-order valence-corrected chi connectivity index (χ2v) is 5.38. The number of nitrogens with zero attached hydrogens (tertiary/aromatic N) is 2. The first kappa shape index (κ1) is 12.3. The van der Waals surface area contributed by atoms with E-state index in [9.17, 15) is 4.79 Å². The molecule has 5 nitrogen and oxygen atoms in total. The van der Waals surface area contributed by atoms with Crippen LogP contribution in [0, 0.1) is 0 Å². The monoisotopic (exact) mass is 254 g/mol. The summed E-state index contributed by atoms with van der Waals surface area (Å²) in [5.74, 6) is 0.149. The van der Waals surface area contributed by atoms with Gasteiger partial charge in [0.2, 0.25) is 5.91 Å². The highest BCUT2D eigenvalue weighted by molar-refractivity contribution is 7.15. The minimum atomic E-state index is -0.00271. The summed E-state index contributed by atoms with van der Waals surface area (Å²) in [4.78, 5) is 19.2. The molecule has 0 saturated carbocycles. The lowest BCUT2D eigenvalue weighted by molar-refractivity contribution is -0.129. The molecule has 1 unspecified atom stereocenters. The highest BCUT2D eigenvalue weighted by atomic mass is 32.1. The normalized spacial score (nSPS) is 21.5. The molecule has 17 heavy (non-hydrogen) atoms. The van der Waals surface area contributed by atoms with Crippen molar-refractivity contribution in [3.05, 3.63) is 11.1 Å². The molecule has 1 fully saturated rings. The van der Waals surface area contributed by atoms with Crippen molar-refractivity contribution in [2.45, 2.75) is 32.4 Å². The first-order valence-corrected chi connectivity index (χ1v) is 6.74. The van der Waals surface area contributed by atoms with E-state index in [-0.39, 0.29) is 11.9 Å². The van der Waals surface area contributed by atoms with Gasteiger partial charge in [-0.05, 0) is 6.42 Å². The van der Waals surface area contributed by atoms with Crippen LogP contribution < -0.4 is 11.1 Å². The Labute approximate surface area is 105 Å². The fourth-order valence-corrected chi connectivity index (χ4v) is 2.84. The van der Waals surface area contributed by atoms with Crippen molar-refractivity contribution >= 4 is 22.4 Å². The lowest BCUT2D eigenvalue weighted by Gasteiger charge is -2.34. The average Bonchev–Trinajstić information content (AvgIpc) is 2.69. The predicted octanol–water partition coefficient (Wildman–Crippen LogP) is 0.826. The molecule has 0 bridgehead atoms. The van der Waals surface area contributed by atoms with E-state index in [0.717, 1.165) is 37.4 Å². The molecule has 0 aromatic carbocycles. The maximum absolute atomic E-state index is 11.8. The zero-order valence-corrected chi connectivity index (χ0v) is 10.8. The number of carbonyl (C=O) groups is 1. The first-order chi connectivity index (χ1) is 8.20. The number of nitrogens with two attached hydrogens (primary N) is 1. The number of anilines is 1. The molecule has 0 aliphatic carbocycles. The summed E-state index contributed by atoms with van der Waals surface area (Å²) in [5, 5.41) is 3.51. The van der Waals surface area contributed by atoms with Crippen LogP contribution in [0.4, 0.5) is 5.13 Å². The number of nitrogen functional groups attached to an aromatic ring is 1. The van der Waals surface area contributed by atoms with Gasteiger partial charge in [-0.15, -0.1) is 11.3 Å². The Morgan fingerprint density at radius 3 is 3.18 bits per heavy atom. The van der Waals surface area contributed by atoms with Crippen LogP contribution in [0.3, 0.4) is 0 Å². The molecule has 6 heteroatoms. The van der Waals surface area contributed by atoms with Crippen LogP contribution >= 0.6 is 11.3 Å². The van der Waals surface area contributed by atoms with Gasteiger partial charge >= 0.3 is 0 Å². The number of aromatic nitrogens is 1. The number of hydrogen-bond acceptors (Lipinski definition) is 5. The summed E-state index contributed by atoms with van der Waals surface area (Å²) < 4.78 is 0. The van der Waals surface area contributed by atoms with E-state index in [1.807, 2.05) is 0 Å². The van der Waals surface area contributed by atoms with Crippen molar-refractivity contribution in [1.82, 2.24) is 15.2 Å². The number of nitrogens with one attached hydrogen (secondary N) is 1. The quantitative estimate of drug-likeness (QED) is 0.834.